The van der Waals surface area contributed by atoms with E-state index in [4.69, 9.17) is 15.2 Å². The van der Waals surface area contributed by atoms with Crippen LogP contribution in [0.25, 0.3) is 6.08 Å². The first-order valence-electron chi connectivity index (χ1n) is 8.99. The Hall–Kier alpha value is -3.28. The molecule has 0 radical (unpaired) electrons. The Balaban J connectivity index is 1.80. The van der Waals surface area contributed by atoms with E-state index in [0.29, 0.717) is 18.9 Å². The standard InChI is InChI=1S/C22H26N2O4/c1-16-12-17(2)14-20(13-16)27-11-10-24(3)22(26)9-6-18-4-7-19(8-5-18)28-15-21(23)25/h4-9,12-14H,10-11,15H2,1-3H3,(H2,23,25)/b9-6+. The van der Waals surface area contributed by atoms with Crippen molar-refractivity contribution in [2.24, 2.45) is 5.73 Å². The zero-order valence-corrected chi connectivity index (χ0v) is 16.5. The largest absolute Gasteiger partial charge is 0.492 e. The lowest BCUT2D eigenvalue weighted by atomic mass is 10.1. The lowest BCUT2D eigenvalue weighted by Gasteiger charge is -2.16. The molecule has 0 saturated heterocycles. The molecule has 148 valence electrons. The molecule has 0 fully saturated rings. The Morgan fingerprint density at radius 3 is 2.25 bits per heavy atom. The van der Waals surface area contributed by atoms with Gasteiger partial charge in [-0.05, 0) is 60.9 Å². The molecule has 0 unspecified atom stereocenters. The van der Waals surface area contributed by atoms with E-state index in [1.807, 2.05) is 26.0 Å². The summed E-state index contributed by atoms with van der Waals surface area (Å²) in [5.41, 5.74) is 8.17. The summed E-state index contributed by atoms with van der Waals surface area (Å²) in [6, 6.07) is 13.1. The maximum Gasteiger partial charge on any atom is 0.255 e. The molecule has 0 aliphatic heterocycles. The van der Waals surface area contributed by atoms with Gasteiger partial charge < -0.3 is 20.1 Å². The Labute approximate surface area is 165 Å². The van der Waals surface area contributed by atoms with E-state index in [0.717, 1.165) is 22.4 Å². The highest BCUT2D eigenvalue weighted by Crippen LogP contribution is 2.16. The van der Waals surface area contributed by atoms with Crippen LogP contribution in [0.1, 0.15) is 16.7 Å². The van der Waals surface area contributed by atoms with Crippen molar-refractivity contribution in [2.75, 3.05) is 26.8 Å². The molecule has 6 heteroatoms. The van der Waals surface area contributed by atoms with Crippen LogP contribution in [0, 0.1) is 13.8 Å². The molecule has 2 amide bonds. The van der Waals surface area contributed by atoms with Crippen LogP contribution in [0.5, 0.6) is 11.5 Å². The van der Waals surface area contributed by atoms with Gasteiger partial charge in [-0.2, -0.15) is 0 Å². The maximum absolute atomic E-state index is 12.2. The van der Waals surface area contributed by atoms with Gasteiger partial charge >= 0.3 is 0 Å². The number of primary amides is 1. The van der Waals surface area contributed by atoms with Crippen molar-refractivity contribution >= 4 is 17.9 Å². The Bertz CT molecular complexity index is 824. The number of carbonyl (C=O) groups excluding carboxylic acids is 2. The summed E-state index contributed by atoms with van der Waals surface area (Å²) in [5.74, 6) is 0.715. The third-order valence-corrected chi connectivity index (χ3v) is 3.95. The molecule has 2 aromatic carbocycles. The fourth-order valence-electron chi connectivity index (χ4n) is 2.55. The van der Waals surface area contributed by atoms with Gasteiger partial charge in [0.05, 0.1) is 6.54 Å². The van der Waals surface area contributed by atoms with Gasteiger partial charge in [0.15, 0.2) is 6.61 Å². The van der Waals surface area contributed by atoms with Gasteiger partial charge in [-0.15, -0.1) is 0 Å². The number of hydrogen-bond acceptors (Lipinski definition) is 4. The number of hydrogen-bond donors (Lipinski definition) is 1. The molecule has 2 aromatic rings. The van der Waals surface area contributed by atoms with Crippen LogP contribution in [-0.4, -0.2) is 43.5 Å². The lowest BCUT2D eigenvalue weighted by Crippen LogP contribution is -2.29. The van der Waals surface area contributed by atoms with E-state index < -0.39 is 5.91 Å². The summed E-state index contributed by atoms with van der Waals surface area (Å²) in [4.78, 5) is 24.5. The molecular weight excluding hydrogens is 356 g/mol. The molecular formula is C22H26N2O4. The molecule has 0 atom stereocenters. The Morgan fingerprint density at radius 2 is 1.64 bits per heavy atom. The first-order chi connectivity index (χ1) is 13.3. The minimum absolute atomic E-state index is 0.113. The number of carbonyl (C=O) groups is 2. The van der Waals surface area contributed by atoms with Crippen molar-refractivity contribution in [3.8, 4) is 11.5 Å². The number of rotatable bonds is 9. The number of ether oxygens (including phenoxy) is 2. The van der Waals surface area contributed by atoms with E-state index >= 15 is 0 Å². The minimum atomic E-state index is -0.529. The molecule has 28 heavy (non-hydrogen) atoms. The second-order valence-electron chi connectivity index (χ2n) is 6.59. The SMILES string of the molecule is Cc1cc(C)cc(OCCN(C)C(=O)/C=C/c2ccc(OCC(N)=O)cc2)c1. The van der Waals surface area contributed by atoms with Gasteiger partial charge in [-0.25, -0.2) is 0 Å². The maximum atomic E-state index is 12.2. The minimum Gasteiger partial charge on any atom is -0.492 e. The summed E-state index contributed by atoms with van der Waals surface area (Å²) >= 11 is 0. The van der Waals surface area contributed by atoms with Gasteiger partial charge in [0.1, 0.15) is 18.1 Å². The molecule has 2 rings (SSSR count). The fourth-order valence-corrected chi connectivity index (χ4v) is 2.55. The average Bonchev–Trinajstić information content (AvgIpc) is 2.64. The number of nitrogens with two attached hydrogens (primary N) is 1. The van der Waals surface area contributed by atoms with E-state index in [9.17, 15) is 9.59 Å². The summed E-state index contributed by atoms with van der Waals surface area (Å²) in [6.07, 6.45) is 3.23. The number of amides is 2. The molecule has 6 nitrogen and oxygen atoms in total. The quantitative estimate of drug-likeness (QED) is 0.676. The lowest BCUT2D eigenvalue weighted by molar-refractivity contribution is -0.125. The normalized spacial score (nSPS) is 10.7. The van der Waals surface area contributed by atoms with E-state index in [2.05, 4.69) is 6.07 Å². The summed E-state index contributed by atoms with van der Waals surface area (Å²) in [5, 5.41) is 0. The van der Waals surface area contributed by atoms with Gasteiger partial charge in [0.2, 0.25) is 5.91 Å². The van der Waals surface area contributed by atoms with Crippen molar-refractivity contribution in [3.05, 3.63) is 65.2 Å². The molecule has 0 spiro atoms. The van der Waals surface area contributed by atoms with Gasteiger partial charge in [-0.1, -0.05) is 18.2 Å². The van der Waals surface area contributed by atoms with Crippen molar-refractivity contribution in [1.29, 1.82) is 0 Å². The molecule has 0 saturated carbocycles. The molecule has 0 bridgehead atoms. The van der Waals surface area contributed by atoms with Crippen LogP contribution in [0.3, 0.4) is 0 Å². The van der Waals surface area contributed by atoms with Crippen molar-refractivity contribution < 1.29 is 19.1 Å². The number of likely N-dealkylation sites (N-methyl/N-ethyl adjacent to an activating group) is 1. The summed E-state index contributed by atoms with van der Waals surface area (Å²) < 4.78 is 10.9. The molecule has 0 aliphatic carbocycles. The molecule has 0 heterocycles. The number of benzene rings is 2. The van der Waals surface area contributed by atoms with E-state index in [-0.39, 0.29) is 12.5 Å². The smallest absolute Gasteiger partial charge is 0.255 e. The van der Waals surface area contributed by atoms with Crippen LogP contribution in [0.15, 0.2) is 48.5 Å². The second kappa shape index (κ2) is 10.2. The monoisotopic (exact) mass is 382 g/mol. The zero-order valence-electron chi connectivity index (χ0n) is 16.5. The van der Waals surface area contributed by atoms with Crippen molar-refractivity contribution in [3.63, 3.8) is 0 Å². The number of nitrogens with zero attached hydrogens (tertiary/aromatic N) is 1. The highest BCUT2D eigenvalue weighted by molar-refractivity contribution is 5.91. The molecule has 0 aromatic heterocycles. The van der Waals surface area contributed by atoms with Crippen LogP contribution >= 0.6 is 0 Å². The Morgan fingerprint density at radius 1 is 1.00 bits per heavy atom. The summed E-state index contributed by atoms with van der Waals surface area (Å²) in [7, 11) is 1.73. The average molecular weight is 382 g/mol. The van der Waals surface area contributed by atoms with Gasteiger partial charge in [0.25, 0.3) is 5.91 Å². The van der Waals surface area contributed by atoms with E-state index in [1.165, 1.54) is 6.08 Å². The van der Waals surface area contributed by atoms with Crippen LogP contribution in [-0.2, 0) is 9.59 Å². The molecule has 0 aliphatic rings. The Kier molecular flexibility index (Phi) is 7.63. The molecule has 2 N–H and O–H groups in total. The van der Waals surface area contributed by atoms with Gasteiger partial charge in [-0.3, -0.25) is 9.59 Å². The third-order valence-electron chi connectivity index (χ3n) is 3.95. The van der Waals surface area contributed by atoms with Gasteiger partial charge in [0, 0.05) is 13.1 Å². The number of aryl methyl sites for hydroxylation is 2. The van der Waals surface area contributed by atoms with Crippen molar-refractivity contribution in [1.82, 2.24) is 4.90 Å². The summed E-state index contributed by atoms with van der Waals surface area (Å²) in [6.45, 7) is 4.79. The topological polar surface area (TPSA) is 81.9 Å². The third kappa shape index (κ3) is 7.15. The predicted octanol–water partition coefficient (Wildman–Crippen LogP) is 2.72. The van der Waals surface area contributed by atoms with Crippen LogP contribution in [0.2, 0.25) is 0 Å². The highest BCUT2D eigenvalue weighted by Gasteiger charge is 2.05. The highest BCUT2D eigenvalue weighted by atomic mass is 16.5. The fraction of sp³-hybridized carbons (Fsp3) is 0.273. The van der Waals surface area contributed by atoms with Crippen LogP contribution < -0.4 is 15.2 Å². The first-order valence-corrected chi connectivity index (χ1v) is 8.99. The predicted molar refractivity (Wildman–Crippen MR) is 109 cm³/mol. The van der Waals surface area contributed by atoms with Crippen LogP contribution in [0.4, 0.5) is 0 Å². The van der Waals surface area contributed by atoms with E-state index in [1.54, 1.807) is 42.3 Å². The first kappa shape index (κ1) is 21.0. The second-order valence-corrected chi connectivity index (χ2v) is 6.59. The zero-order chi connectivity index (χ0) is 20.5. The van der Waals surface area contributed by atoms with Crippen molar-refractivity contribution in [2.45, 2.75) is 13.8 Å².